The summed E-state index contributed by atoms with van der Waals surface area (Å²) in [5, 5.41) is 0. The molecule has 0 aliphatic heterocycles. The zero-order chi connectivity index (χ0) is 47.3. The van der Waals surface area contributed by atoms with Crippen molar-refractivity contribution in [1.29, 1.82) is 0 Å². The van der Waals surface area contributed by atoms with E-state index in [2.05, 4.69) is 88.9 Å². The van der Waals surface area contributed by atoms with Crippen LogP contribution in [-0.2, 0) is 9.47 Å². The summed E-state index contributed by atoms with van der Waals surface area (Å²) >= 11 is 5.89. The van der Waals surface area contributed by atoms with Crippen molar-refractivity contribution in [2.24, 2.45) is 0 Å². The molecule has 10 heteroatoms. The van der Waals surface area contributed by atoms with Crippen molar-refractivity contribution in [1.82, 2.24) is 0 Å². The number of hydrogen-bond acceptors (Lipinski definition) is 10. The highest BCUT2D eigenvalue weighted by atomic mass is 32.2. The Kier molecular flexibility index (Phi) is 30.0. The van der Waals surface area contributed by atoms with Gasteiger partial charge < -0.3 is 37.9 Å². The molecule has 6 aromatic carbocycles. The molecular formula is C56H72O8S2. The van der Waals surface area contributed by atoms with Crippen LogP contribution in [0, 0.1) is 0 Å². The molecule has 8 nitrogen and oxygen atoms in total. The first-order chi connectivity index (χ1) is 32.4. The largest absolute Gasteiger partial charge is 0.494 e. The van der Waals surface area contributed by atoms with Gasteiger partial charge in [-0.2, -0.15) is 0 Å². The van der Waals surface area contributed by atoms with Gasteiger partial charge in [0.1, 0.15) is 47.7 Å². The van der Waals surface area contributed by atoms with Gasteiger partial charge in [-0.15, -0.1) is 12.6 Å². The molecule has 0 spiro atoms. The van der Waals surface area contributed by atoms with E-state index in [-0.39, 0.29) is 0 Å². The highest BCUT2D eigenvalue weighted by Crippen LogP contribution is 2.30. The molecule has 0 N–H and O–H groups in total. The van der Waals surface area contributed by atoms with Gasteiger partial charge in [0.15, 0.2) is 0 Å². The third kappa shape index (κ3) is 24.9. The zero-order valence-corrected chi connectivity index (χ0v) is 41.7. The average molecular weight is 937 g/mol. The lowest BCUT2D eigenvalue weighted by Crippen LogP contribution is -2.06. The van der Waals surface area contributed by atoms with Crippen LogP contribution in [0.5, 0.6) is 34.5 Å². The highest BCUT2D eigenvalue weighted by Gasteiger charge is 2.02. The van der Waals surface area contributed by atoms with Gasteiger partial charge in [0.25, 0.3) is 0 Å². The normalized spacial score (nSPS) is 10.2. The fourth-order valence-corrected chi connectivity index (χ4v) is 6.46. The van der Waals surface area contributed by atoms with Crippen molar-refractivity contribution in [2.45, 2.75) is 81.9 Å². The highest BCUT2D eigenvalue weighted by molar-refractivity contribution is 7.99. The van der Waals surface area contributed by atoms with Crippen LogP contribution in [0.15, 0.2) is 166 Å². The average Bonchev–Trinajstić information content (AvgIpc) is 3.37. The summed E-state index contributed by atoms with van der Waals surface area (Å²) in [6, 6.07) is 50.2. The van der Waals surface area contributed by atoms with Crippen molar-refractivity contribution in [3.8, 4) is 45.6 Å². The van der Waals surface area contributed by atoms with E-state index in [1.165, 1.54) is 20.9 Å². The Bertz CT molecular complexity index is 2030. The summed E-state index contributed by atoms with van der Waals surface area (Å²) in [6.07, 6.45) is 4.15. The van der Waals surface area contributed by atoms with E-state index in [9.17, 15) is 0 Å². The number of thiol groups is 1. The Labute approximate surface area is 405 Å². The second-order valence-corrected chi connectivity index (χ2v) is 16.0. The Morgan fingerprint density at radius 2 is 0.606 bits per heavy atom. The van der Waals surface area contributed by atoms with Crippen LogP contribution in [0.25, 0.3) is 11.1 Å². The molecule has 0 aliphatic rings. The van der Waals surface area contributed by atoms with E-state index in [0.29, 0.717) is 26.4 Å². The lowest BCUT2D eigenvalue weighted by molar-refractivity contribution is 0.110. The van der Waals surface area contributed by atoms with Crippen LogP contribution in [0.3, 0.4) is 0 Å². The van der Waals surface area contributed by atoms with Gasteiger partial charge in [0.05, 0.1) is 39.6 Å². The number of ether oxygens (including phenoxy) is 8. The second-order valence-electron chi connectivity index (χ2n) is 14.4. The Morgan fingerprint density at radius 3 is 0.924 bits per heavy atom. The Morgan fingerprint density at radius 1 is 0.318 bits per heavy atom. The summed E-state index contributed by atoms with van der Waals surface area (Å²) in [6.45, 7) is 19.3. The van der Waals surface area contributed by atoms with Crippen LogP contribution in [0.2, 0.25) is 0 Å². The number of benzene rings is 6. The van der Waals surface area contributed by atoms with Crippen LogP contribution >= 0.6 is 24.4 Å². The minimum Gasteiger partial charge on any atom is -0.494 e. The minimum atomic E-state index is 0.580. The minimum absolute atomic E-state index is 0.580. The first-order valence-corrected chi connectivity index (χ1v) is 24.5. The zero-order valence-electron chi connectivity index (χ0n) is 40.0. The van der Waals surface area contributed by atoms with E-state index in [4.69, 9.17) is 37.9 Å². The Hall–Kier alpha value is -5.26. The molecule has 0 radical (unpaired) electrons. The Balaban J connectivity index is 0.000000248. The summed E-state index contributed by atoms with van der Waals surface area (Å²) < 4.78 is 43.7. The molecule has 0 saturated heterocycles. The van der Waals surface area contributed by atoms with Gasteiger partial charge in [0, 0.05) is 27.9 Å². The molecule has 0 atom stereocenters. The quantitative estimate of drug-likeness (QED) is 0.0446. The molecular weight excluding hydrogens is 865 g/mol. The molecule has 0 bridgehead atoms. The van der Waals surface area contributed by atoms with E-state index < -0.39 is 0 Å². The van der Waals surface area contributed by atoms with E-state index in [0.717, 1.165) is 105 Å². The smallest absolute Gasteiger partial charge is 0.119 e. The van der Waals surface area contributed by atoms with Gasteiger partial charge in [-0.25, -0.2) is 0 Å². The fraction of sp³-hybridized carbons (Fsp3) is 0.357. The molecule has 0 heterocycles. The number of rotatable bonds is 25. The third-order valence-electron chi connectivity index (χ3n) is 8.80. The molecule has 6 aromatic rings. The maximum absolute atomic E-state index is 5.62. The lowest BCUT2D eigenvalue weighted by atomic mass is 10.1. The van der Waals surface area contributed by atoms with Gasteiger partial charge in [-0.05, 0) is 160 Å². The molecule has 356 valence electrons. The second kappa shape index (κ2) is 35.9. The molecule has 0 aromatic heterocycles. The topological polar surface area (TPSA) is 73.8 Å². The van der Waals surface area contributed by atoms with Crippen LogP contribution in [-0.4, -0.2) is 66.1 Å². The molecule has 6 rings (SSSR count). The number of para-hydroxylation sites is 1. The predicted molar refractivity (Wildman–Crippen MR) is 276 cm³/mol. The summed E-state index contributed by atoms with van der Waals surface area (Å²) in [7, 11) is 0. The SMILES string of the molecule is CCCOc1ccc(-c2ccc(OCCOCC)cc2)cc1.CCCOc1ccc(S)cc1.CCCOc1ccc(Sc2ccc(OCCOCC)cc2)cc1.CCCOc1ccccc1. The maximum atomic E-state index is 5.62. The predicted octanol–water partition coefficient (Wildman–Crippen LogP) is 14.8. The third-order valence-corrected chi connectivity index (χ3v) is 10.1. The van der Waals surface area contributed by atoms with E-state index in [1.54, 1.807) is 11.8 Å². The lowest BCUT2D eigenvalue weighted by Gasteiger charge is -2.08. The summed E-state index contributed by atoms with van der Waals surface area (Å²) in [5.74, 6) is 5.47. The van der Waals surface area contributed by atoms with E-state index >= 15 is 0 Å². The van der Waals surface area contributed by atoms with E-state index in [1.807, 2.05) is 117 Å². The van der Waals surface area contributed by atoms with Crippen molar-refractivity contribution >= 4 is 24.4 Å². The van der Waals surface area contributed by atoms with Crippen molar-refractivity contribution in [2.75, 3.05) is 66.1 Å². The van der Waals surface area contributed by atoms with Crippen LogP contribution in [0.1, 0.15) is 67.2 Å². The summed E-state index contributed by atoms with van der Waals surface area (Å²) in [4.78, 5) is 3.34. The molecule has 66 heavy (non-hydrogen) atoms. The number of hydrogen-bond donors (Lipinski definition) is 1. The van der Waals surface area contributed by atoms with Gasteiger partial charge in [-0.3, -0.25) is 0 Å². The monoisotopic (exact) mass is 936 g/mol. The van der Waals surface area contributed by atoms with Crippen molar-refractivity contribution < 1.29 is 37.9 Å². The van der Waals surface area contributed by atoms with Gasteiger partial charge in [-0.1, -0.05) is 81.9 Å². The first-order valence-electron chi connectivity index (χ1n) is 23.3. The van der Waals surface area contributed by atoms with Crippen LogP contribution in [0.4, 0.5) is 0 Å². The van der Waals surface area contributed by atoms with Crippen molar-refractivity contribution in [3.63, 3.8) is 0 Å². The fourth-order valence-electron chi connectivity index (χ4n) is 5.50. The molecule has 0 amide bonds. The van der Waals surface area contributed by atoms with Crippen LogP contribution < -0.4 is 28.4 Å². The molecule has 0 unspecified atom stereocenters. The summed E-state index contributed by atoms with van der Waals surface area (Å²) in [5.41, 5.74) is 2.34. The molecule has 0 fully saturated rings. The standard InChI is InChI=1S/C19H24O3S.C19H24O3.C9H12OS.C9H12O/c1-3-13-21-16-5-9-18(10-6-16)23-19-11-7-17(8-12-19)22-15-14-20-4-2;1-3-13-21-18-9-5-16(6-10-18)17-7-11-19(12-8-17)22-15-14-20-4-2;1-2-7-10-8-3-5-9(11)6-4-8;1-2-8-10-9-6-4-3-5-7-9/h5-12H,3-4,13-15H2,1-2H3;5-12H,3-4,13-15H2,1-2H3;3-6,11H,2,7H2,1H3;3-7H,2,8H2,1H3. The van der Waals surface area contributed by atoms with Gasteiger partial charge >= 0.3 is 0 Å². The first kappa shape index (κ1) is 55.1. The molecule has 0 saturated carbocycles. The van der Waals surface area contributed by atoms with Crippen molar-refractivity contribution in [3.05, 3.63) is 152 Å². The van der Waals surface area contributed by atoms with Gasteiger partial charge in [0.2, 0.25) is 0 Å². The molecule has 0 aliphatic carbocycles. The maximum Gasteiger partial charge on any atom is 0.119 e.